The predicted octanol–water partition coefficient (Wildman–Crippen LogP) is 1.43. The Hall–Kier alpha value is -1.01. The topological polar surface area (TPSA) is 55.1 Å². The molecule has 0 aromatic carbocycles. The van der Waals surface area contributed by atoms with Gasteiger partial charge in [0, 0.05) is 19.5 Å². The van der Waals surface area contributed by atoms with Crippen molar-refractivity contribution >= 4 is 5.91 Å². The standard InChI is InChI=1S/C13H22N2O/c1-2-3-7-10-15-12(16)13(11-14)8-5-4-6-9-13/h4-11,14H2,1H3,(H,15,16). The highest BCUT2D eigenvalue weighted by Gasteiger charge is 2.37. The molecule has 3 heteroatoms. The van der Waals surface area contributed by atoms with Crippen molar-refractivity contribution in [1.82, 2.24) is 5.32 Å². The summed E-state index contributed by atoms with van der Waals surface area (Å²) in [5, 5.41) is 2.96. The Kier molecular flexibility index (Phi) is 5.34. The Morgan fingerprint density at radius 2 is 2.06 bits per heavy atom. The lowest BCUT2D eigenvalue weighted by molar-refractivity contribution is -0.132. The molecular formula is C13H22N2O. The Morgan fingerprint density at radius 1 is 1.38 bits per heavy atom. The first-order valence-electron chi connectivity index (χ1n) is 6.13. The van der Waals surface area contributed by atoms with Gasteiger partial charge in [-0.15, -0.1) is 11.8 Å². The number of hydrogen-bond acceptors (Lipinski definition) is 2. The molecule has 1 aliphatic carbocycles. The van der Waals surface area contributed by atoms with Crippen LogP contribution >= 0.6 is 0 Å². The molecule has 0 aromatic rings. The lowest BCUT2D eigenvalue weighted by Crippen LogP contribution is -2.47. The van der Waals surface area contributed by atoms with Crippen LogP contribution in [0.4, 0.5) is 0 Å². The molecule has 0 spiro atoms. The average Bonchev–Trinajstić information content (AvgIpc) is 2.35. The van der Waals surface area contributed by atoms with Gasteiger partial charge in [0.05, 0.1) is 5.41 Å². The fraction of sp³-hybridized carbons (Fsp3) is 0.769. The van der Waals surface area contributed by atoms with Crippen molar-refractivity contribution in [3.63, 3.8) is 0 Å². The van der Waals surface area contributed by atoms with E-state index in [0.717, 1.165) is 32.1 Å². The van der Waals surface area contributed by atoms with Gasteiger partial charge in [-0.25, -0.2) is 0 Å². The smallest absolute Gasteiger partial charge is 0.227 e. The van der Waals surface area contributed by atoms with Gasteiger partial charge in [0.15, 0.2) is 0 Å². The van der Waals surface area contributed by atoms with Crippen LogP contribution in [0.25, 0.3) is 0 Å². The third-order valence-corrected chi connectivity index (χ3v) is 3.40. The fourth-order valence-corrected chi connectivity index (χ4v) is 2.30. The van der Waals surface area contributed by atoms with Crippen LogP contribution in [0, 0.1) is 17.3 Å². The molecular weight excluding hydrogens is 200 g/mol. The van der Waals surface area contributed by atoms with Gasteiger partial charge < -0.3 is 11.1 Å². The van der Waals surface area contributed by atoms with Crippen molar-refractivity contribution in [3.05, 3.63) is 0 Å². The van der Waals surface area contributed by atoms with E-state index in [1.807, 2.05) is 6.92 Å². The number of carbonyl (C=O) groups is 1. The summed E-state index contributed by atoms with van der Waals surface area (Å²) in [6, 6.07) is 0. The fourth-order valence-electron chi connectivity index (χ4n) is 2.30. The van der Waals surface area contributed by atoms with E-state index in [-0.39, 0.29) is 11.3 Å². The summed E-state index contributed by atoms with van der Waals surface area (Å²) in [5.74, 6) is 5.89. The van der Waals surface area contributed by atoms with E-state index in [2.05, 4.69) is 17.2 Å². The Bertz CT molecular complexity index is 282. The lowest BCUT2D eigenvalue weighted by Gasteiger charge is -2.34. The molecule has 90 valence electrons. The number of carbonyl (C=O) groups excluding carboxylic acids is 1. The van der Waals surface area contributed by atoms with Crippen molar-refractivity contribution in [2.45, 2.75) is 45.4 Å². The SMILES string of the molecule is CC#CCCNC(=O)C1(CN)CCCCC1. The average molecular weight is 222 g/mol. The molecule has 1 amide bonds. The molecule has 0 atom stereocenters. The first-order valence-corrected chi connectivity index (χ1v) is 6.13. The maximum atomic E-state index is 12.1. The molecule has 0 unspecified atom stereocenters. The second kappa shape index (κ2) is 6.55. The van der Waals surface area contributed by atoms with Gasteiger partial charge in [0.25, 0.3) is 0 Å². The molecule has 3 N–H and O–H groups in total. The van der Waals surface area contributed by atoms with Crippen LogP contribution in [-0.4, -0.2) is 19.0 Å². The van der Waals surface area contributed by atoms with E-state index in [0.29, 0.717) is 13.1 Å². The number of hydrogen-bond donors (Lipinski definition) is 2. The Morgan fingerprint density at radius 3 is 2.62 bits per heavy atom. The van der Waals surface area contributed by atoms with Crippen LogP contribution in [0.5, 0.6) is 0 Å². The molecule has 0 bridgehead atoms. The largest absolute Gasteiger partial charge is 0.355 e. The minimum Gasteiger partial charge on any atom is -0.355 e. The zero-order valence-corrected chi connectivity index (χ0v) is 10.1. The summed E-state index contributed by atoms with van der Waals surface area (Å²) >= 11 is 0. The summed E-state index contributed by atoms with van der Waals surface area (Å²) in [5.41, 5.74) is 5.49. The van der Waals surface area contributed by atoms with E-state index >= 15 is 0 Å². The molecule has 3 nitrogen and oxygen atoms in total. The van der Waals surface area contributed by atoms with Crippen molar-refractivity contribution in [1.29, 1.82) is 0 Å². The molecule has 1 fully saturated rings. The molecule has 0 aromatic heterocycles. The van der Waals surface area contributed by atoms with Crippen molar-refractivity contribution < 1.29 is 4.79 Å². The predicted molar refractivity (Wildman–Crippen MR) is 65.6 cm³/mol. The third-order valence-electron chi connectivity index (χ3n) is 3.40. The van der Waals surface area contributed by atoms with Crippen LogP contribution < -0.4 is 11.1 Å². The number of nitrogens with one attached hydrogen (secondary N) is 1. The molecule has 0 aliphatic heterocycles. The third kappa shape index (κ3) is 3.24. The number of nitrogens with two attached hydrogens (primary N) is 1. The Balaban J connectivity index is 2.44. The number of amides is 1. The highest BCUT2D eigenvalue weighted by Crippen LogP contribution is 2.35. The van der Waals surface area contributed by atoms with Gasteiger partial charge >= 0.3 is 0 Å². The first kappa shape index (κ1) is 13.1. The van der Waals surface area contributed by atoms with Gasteiger partial charge in [0.2, 0.25) is 5.91 Å². The summed E-state index contributed by atoms with van der Waals surface area (Å²) in [6.07, 6.45) is 6.08. The van der Waals surface area contributed by atoms with Gasteiger partial charge in [-0.3, -0.25) is 4.79 Å². The van der Waals surface area contributed by atoms with Crippen LogP contribution in [0.2, 0.25) is 0 Å². The lowest BCUT2D eigenvalue weighted by atomic mass is 9.73. The monoisotopic (exact) mass is 222 g/mol. The first-order chi connectivity index (χ1) is 7.75. The van der Waals surface area contributed by atoms with Gasteiger partial charge in [-0.1, -0.05) is 19.3 Å². The van der Waals surface area contributed by atoms with Gasteiger partial charge in [-0.2, -0.15) is 0 Å². The van der Waals surface area contributed by atoms with E-state index in [9.17, 15) is 4.79 Å². The molecule has 1 saturated carbocycles. The molecule has 1 aliphatic rings. The zero-order chi connectivity index (χ0) is 11.9. The van der Waals surface area contributed by atoms with E-state index < -0.39 is 0 Å². The molecule has 1 rings (SSSR count). The van der Waals surface area contributed by atoms with Crippen molar-refractivity contribution in [3.8, 4) is 11.8 Å². The molecule has 0 saturated heterocycles. The normalized spacial score (nSPS) is 18.4. The second-order valence-electron chi connectivity index (χ2n) is 4.48. The van der Waals surface area contributed by atoms with E-state index in [4.69, 9.17) is 5.73 Å². The van der Waals surface area contributed by atoms with Crippen molar-refractivity contribution in [2.24, 2.45) is 11.1 Å². The van der Waals surface area contributed by atoms with Gasteiger partial charge in [-0.05, 0) is 19.8 Å². The molecule has 0 radical (unpaired) electrons. The molecule has 0 heterocycles. The van der Waals surface area contributed by atoms with Crippen LogP contribution in [-0.2, 0) is 4.79 Å². The molecule has 16 heavy (non-hydrogen) atoms. The van der Waals surface area contributed by atoms with Gasteiger partial charge in [0.1, 0.15) is 0 Å². The van der Waals surface area contributed by atoms with Crippen molar-refractivity contribution in [2.75, 3.05) is 13.1 Å². The zero-order valence-electron chi connectivity index (χ0n) is 10.1. The summed E-state index contributed by atoms with van der Waals surface area (Å²) < 4.78 is 0. The van der Waals surface area contributed by atoms with Crippen LogP contribution in [0.15, 0.2) is 0 Å². The van der Waals surface area contributed by atoms with Crippen LogP contribution in [0.1, 0.15) is 45.4 Å². The minimum absolute atomic E-state index is 0.132. The minimum atomic E-state index is -0.294. The maximum Gasteiger partial charge on any atom is 0.227 e. The van der Waals surface area contributed by atoms with Crippen LogP contribution in [0.3, 0.4) is 0 Å². The van der Waals surface area contributed by atoms with E-state index in [1.54, 1.807) is 0 Å². The second-order valence-corrected chi connectivity index (χ2v) is 4.48. The summed E-state index contributed by atoms with van der Waals surface area (Å²) in [7, 11) is 0. The summed E-state index contributed by atoms with van der Waals surface area (Å²) in [6.45, 7) is 2.92. The number of rotatable bonds is 4. The highest BCUT2D eigenvalue weighted by atomic mass is 16.2. The quantitative estimate of drug-likeness (QED) is 0.558. The maximum absolute atomic E-state index is 12.1. The summed E-state index contributed by atoms with van der Waals surface area (Å²) in [4.78, 5) is 12.1. The van der Waals surface area contributed by atoms with E-state index in [1.165, 1.54) is 6.42 Å². The highest BCUT2D eigenvalue weighted by molar-refractivity contribution is 5.83. The Labute approximate surface area is 98.2 Å².